The van der Waals surface area contributed by atoms with Gasteiger partial charge in [0.1, 0.15) is 10.1 Å². The van der Waals surface area contributed by atoms with Gasteiger partial charge in [-0.3, -0.25) is 0 Å². The second kappa shape index (κ2) is 7.88. The quantitative estimate of drug-likeness (QED) is 0.623. The average molecular weight is 356 g/mol. The van der Waals surface area contributed by atoms with Crippen LogP contribution in [0.1, 0.15) is 76.0 Å². The van der Waals surface area contributed by atoms with Crippen LogP contribution in [0.15, 0.2) is 29.2 Å². The number of rotatable bonds is 4. The molecule has 2 rings (SSSR count). The number of fused-ring (bicyclic) bond motifs is 1. The van der Waals surface area contributed by atoms with E-state index in [9.17, 15) is 13.0 Å². The third-order valence-corrected chi connectivity index (χ3v) is 5.29. The van der Waals surface area contributed by atoms with Crippen LogP contribution in [0.4, 0.5) is 0 Å². The SMILES string of the molecule is CC(C)c1ccc2c(C(C)C)cc(C(C)C)c(S(=O)(=O)[O-])c2c1.[Na+]. The smallest absolute Gasteiger partial charge is 0.744 e. The zero-order valence-electron chi connectivity index (χ0n) is 15.7. The van der Waals surface area contributed by atoms with E-state index in [2.05, 4.69) is 27.7 Å². The average Bonchev–Trinajstić information content (AvgIpc) is 2.42. The summed E-state index contributed by atoms with van der Waals surface area (Å²) in [5.74, 6) is 0.494. The topological polar surface area (TPSA) is 57.2 Å². The first-order chi connectivity index (χ1) is 10.5. The molecule has 0 saturated carbocycles. The summed E-state index contributed by atoms with van der Waals surface area (Å²) in [4.78, 5) is -0.0469. The van der Waals surface area contributed by atoms with E-state index in [1.165, 1.54) is 0 Å². The van der Waals surface area contributed by atoms with Crippen molar-refractivity contribution in [1.29, 1.82) is 0 Å². The van der Waals surface area contributed by atoms with Crippen LogP contribution in [0.2, 0.25) is 0 Å². The van der Waals surface area contributed by atoms with E-state index >= 15 is 0 Å². The predicted molar refractivity (Wildman–Crippen MR) is 94.2 cm³/mol. The first kappa shape index (κ1) is 21.7. The molecule has 0 aliphatic heterocycles. The molecule has 0 bridgehead atoms. The van der Waals surface area contributed by atoms with Gasteiger partial charge in [-0.15, -0.1) is 0 Å². The van der Waals surface area contributed by atoms with Crippen LogP contribution >= 0.6 is 0 Å². The maximum Gasteiger partial charge on any atom is 1.00 e. The second-order valence-electron chi connectivity index (χ2n) is 7.11. The van der Waals surface area contributed by atoms with Gasteiger partial charge in [-0.25, -0.2) is 8.42 Å². The molecule has 0 N–H and O–H groups in total. The van der Waals surface area contributed by atoms with E-state index < -0.39 is 10.1 Å². The zero-order valence-corrected chi connectivity index (χ0v) is 18.5. The van der Waals surface area contributed by atoms with E-state index in [1.807, 2.05) is 38.1 Å². The molecule has 0 radical (unpaired) electrons. The van der Waals surface area contributed by atoms with Gasteiger partial charge in [-0.1, -0.05) is 59.7 Å². The van der Waals surface area contributed by atoms with Crippen LogP contribution in [0.5, 0.6) is 0 Å². The fourth-order valence-corrected chi connectivity index (χ4v) is 4.03. The molecule has 0 fully saturated rings. The summed E-state index contributed by atoms with van der Waals surface area (Å²) in [5, 5.41) is 1.43. The van der Waals surface area contributed by atoms with Crippen molar-refractivity contribution in [2.24, 2.45) is 0 Å². The Balaban J connectivity index is 0.00000288. The van der Waals surface area contributed by atoms with Gasteiger partial charge in [0.15, 0.2) is 0 Å². The summed E-state index contributed by atoms with van der Waals surface area (Å²) in [7, 11) is -4.54. The van der Waals surface area contributed by atoms with Crippen molar-refractivity contribution in [3.05, 3.63) is 41.0 Å². The maximum absolute atomic E-state index is 12.0. The largest absolute Gasteiger partial charge is 1.00 e. The molecule has 5 heteroatoms. The van der Waals surface area contributed by atoms with E-state index in [0.29, 0.717) is 10.9 Å². The van der Waals surface area contributed by atoms with Crippen LogP contribution in [0.3, 0.4) is 0 Å². The Kier molecular flexibility index (Phi) is 7.11. The monoisotopic (exact) mass is 356 g/mol. The van der Waals surface area contributed by atoms with Crippen LogP contribution in [0, 0.1) is 0 Å². The molecule has 0 heterocycles. The molecule has 0 aliphatic carbocycles. The molecule has 126 valence electrons. The molecular weight excluding hydrogens is 331 g/mol. The Labute approximate surface area is 167 Å². The fraction of sp³-hybridized carbons (Fsp3) is 0.474. The molecule has 0 spiro atoms. The number of hydrogen-bond donors (Lipinski definition) is 0. The van der Waals surface area contributed by atoms with Crippen LogP contribution in [-0.4, -0.2) is 13.0 Å². The van der Waals surface area contributed by atoms with Crippen molar-refractivity contribution in [3.63, 3.8) is 0 Å². The van der Waals surface area contributed by atoms with Crippen molar-refractivity contribution < 1.29 is 42.5 Å². The molecule has 3 nitrogen and oxygen atoms in total. The Bertz CT molecular complexity index is 837. The van der Waals surface area contributed by atoms with Gasteiger partial charge in [0.2, 0.25) is 0 Å². The molecule has 24 heavy (non-hydrogen) atoms. The van der Waals surface area contributed by atoms with Crippen molar-refractivity contribution in [1.82, 2.24) is 0 Å². The van der Waals surface area contributed by atoms with Crippen LogP contribution in [-0.2, 0) is 10.1 Å². The van der Waals surface area contributed by atoms with Crippen molar-refractivity contribution in [2.75, 3.05) is 0 Å². The van der Waals surface area contributed by atoms with Gasteiger partial charge in [0.25, 0.3) is 0 Å². The third kappa shape index (κ3) is 4.23. The minimum absolute atomic E-state index is 0. The molecular formula is C19H25NaO3S. The summed E-state index contributed by atoms with van der Waals surface area (Å²) < 4.78 is 35.9. The third-order valence-electron chi connectivity index (χ3n) is 4.33. The first-order valence-corrected chi connectivity index (χ1v) is 9.51. The van der Waals surface area contributed by atoms with Gasteiger partial charge < -0.3 is 4.55 Å². The van der Waals surface area contributed by atoms with Crippen LogP contribution in [0.25, 0.3) is 10.8 Å². The standard InChI is InChI=1S/C19H26O3S.Na/c1-11(2)14-7-8-15-16(12(3)4)10-17(13(5)6)19(18(15)9-14)23(20,21)22;/h7-13H,1-6H3,(H,20,21,22);/q;+1/p-1. The molecule has 0 aromatic heterocycles. The summed E-state index contributed by atoms with van der Waals surface area (Å²) in [6, 6.07) is 7.76. The van der Waals surface area contributed by atoms with Crippen molar-refractivity contribution >= 4 is 20.9 Å². The molecule has 2 aromatic rings. The van der Waals surface area contributed by atoms with Crippen molar-refractivity contribution in [2.45, 2.75) is 64.2 Å². The van der Waals surface area contributed by atoms with Gasteiger partial charge in [0, 0.05) is 5.39 Å². The van der Waals surface area contributed by atoms with Gasteiger partial charge in [-0.05, 0) is 45.9 Å². The number of benzene rings is 2. The van der Waals surface area contributed by atoms with Gasteiger partial charge in [0.05, 0.1) is 4.90 Å². The van der Waals surface area contributed by atoms with E-state index in [-0.39, 0.29) is 52.2 Å². The summed E-state index contributed by atoms with van der Waals surface area (Å²) in [6.45, 7) is 12.1. The summed E-state index contributed by atoms with van der Waals surface area (Å²) >= 11 is 0. The molecule has 0 amide bonds. The Hall–Kier alpha value is -0.390. The van der Waals surface area contributed by atoms with E-state index in [4.69, 9.17) is 0 Å². The summed E-state index contributed by atoms with van der Waals surface area (Å²) in [5.41, 5.74) is 2.75. The Morgan fingerprint density at radius 2 is 1.33 bits per heavy atom. The normalized spacial score (nSPS) is 12.2. The fourth-order valence-electron chi connectivity index (χ4n) is 3.01. The summed E-state index contributed by atoms with van der Waals surface area (Å²) in [6.07, 6.45) is 0. The molecule has 0 atom stereocenters. The Morgan fingerprint density at radius 3 is 1.75 bits per heavy atom. The maximum atomic E-state index is 12.0. The second-order valence-corrected chi connectivity index (χ2v) is 8.42. The molecule has 0 aliphatic rings. The molecule has 0 saturated heterocycles. The molecule has 0 unspecified atom stereocenters. The molecule has 2 aromatic carbocycles. The minimum atomic E-state index is -4.54. The van der Waals surface area contributed by atoms with Crippen molar-refractivity contribution in [3.8, 4) is 0 Å². The minimum Gasteiger partial charge on any atom is -0.744 e. The van der Waals surface area contributed by atoms with Gasteiger partial charge in [-0.2, -0.15) is 0 Å². The van der Waals surface area contributed by atoms with Crippen LogP contribution < -0.4 is 29.6 Å². The van der Waals surface area contributed by atoms with Gasteiger partial charge >= 0.3 is 29.6 Å². The zero-order chi connectivity index (χ0) is 17.5. The predicted octanol–water partition coefficient (Wildman–Crippen LogP) is 2.12. The van der Waals surface area contributed by atoms with E-state index in [1.54, 1.807) is 0 Å². The first-order valence-electron chi connectivity index (χ1n) is 8.10. The Morgan fingerprint density at radius 1 is 0.792 bits per heavy atom. The number of hydrogen-bond acceptors (Lipinski definition) is 3. The van der Waals surface area contributed by atoms with E-state index in [0.717, 1.165) is 16.5 Å².